The molecule has 0 atom stereocenters. The molecule has 0 saturated heterocycles. The molecule has 0 aliphatic heterocycles. The largest absolute Gasteiger partial charge is 0.507 e. The lowest BCUT2D eigenvalue weighted by atomic mass is 9.76. The number of hydrogen-bond acceptors (Lipinski definition) is 2. The summed E-state index contributed by atoms with van der Waals surface area (Å²) >= 11 is 0. The lowest BCUT2D eigenvalue weighted by Gasteiger charge is -2.34. The highest BCUT2D eigenvalue weighted by molar-refractivity contribution is 5.73. The zero-order valence-electron chi connectivity index (χ0n) is 20.6. The summed E-state index contributed by atoms with van der Waals surface area (Å²) < 4.78 is 0. The minimum Gasteiger partial charge on any atom is -0.507 e. The number of benzene rings is 2. The summed E-state index contributed by atoms with van der Waals surface area (Å²) in [6.45, 7) is 11.2. The van der Waals surface area contributed by atoms with Gasteiger partial charge in [0.15, 0.2) is 0 Å². The van der Waals surface area contributed by atoms with E-state index < -0.39 is 5.54 Å². The number of phenols is 1. The van der Waals surface area contributed by atoms with Gasteiger partial charge in [0.1, 0.15) is 5.75 Å². The van der Waals surface area contributed by atoms with Gasteiger partial charge in [-0.2, -0.15) is 0 Å². The molecule has 0 unspecified atom stereocenters. The Balaban J connectivity index is 2.53. The van der Waals surface area contributed by atoms with Gasteiger partial charge in [-0.3, -0.25) is 0 Å². The molecule has 0 heterocycles. The number of phenolic OH excluding ortho intramolecular Hbond substituents is 1. The smallest absolute Gasteiger partial charge is 0.128 e. The van der Waals surface area contributed by atoms with Gasteiger partial charge < -0.3 is 10.8 Å². The molecule has 3 N–H and O–H groups in total. The fourth-order valence-electron chi connectivity index (χ4n) is 4.41. The third kappa shape index (κ3) is 7.10. The molecule has 0 aliphatic carbocycles. The summed E-state index contributed by atoms with van der Waals surface area (Å²) in [5.74, 6) is 0.368. The van der Waals surface area contributed by atoms with Crippen LogP contribution in [-0.4, -0.2) is 5.11 Å². The lowest BCUT2D eigenvalue weighted by molar-refractivity contribution is 0.329. The third-order valence-corrected chi connectivity index (χ3v) is 6.55. The van der Waals surface area contributed by atoms with E-state index in [0.717, 1.165) is 42.4 Å². The molecule has 2 aromatic rings. The van der Waals surface area contributed by atoms with Crippen molar-refractivity contribution < 1.29 is 5.11 Å². The summed E-state index contributed by atoms with van der Waals surface area (Å²) in [4.78, 5) is 0. The molecule has 31 heavy (non-hydrogen) atoms. The van der Waals surface area contributed by atoms with Crippen molar-refractivity contribution in [2.45, 2.75) is 110 Å². The van der Waals surface area contributed by atoms with Crippen LogP contribution in [-0.2, 0) is 11.0 Å². The van der Waals surface area contributed by atoms with Crippen LogP contribution in [0.3, 0.4) is 0 Å². The van der Waals surface area contributed by atoms with Crippen LogP contribution in [0.25, 0.3) is 11.1 Å². The van der Waals surface area contributed by atoms with E-state index in [2.05, 4.69) is 58.9 Å². The van der Waals surface area contributed by atoms with Gasteiger partial charge in [-0.1, -0.05) is 116 Å². The maximum absolute atomic E-state index is 11.5. The van der Waals surface area contributed by atoms with Crippen molar-refractivity contribution in [1.82, 2.24) is 0 Å². The van der Waals surface area contributed by atoms with E-state index >= 15 is 0 Å². The molecule has 0 saturated carbocycles. The average molecular weight is 424 g/mol. The van der Waals surface area contributed by atoms with Crippen molar-refractivity contribution in [3.05, 3.63) is 53.6 Å². The first kappa shape index (κ1) is 25.5. The van der Waals surface area contributed by atoms with Crippen LogP contribution in [0.2, 0.25) is 0 Å². The molecular formula is C29H45NO. The van der Waals surface area contributed by atoms with Crippen molar-refractivity contribution in [3.63, 3.8) is 0 Å². The van der Waals surface area contributed by atoms with Crippen LogP contribution in [0, 0.1) is 0 Å². The molecule has 0 fully saturated rings. The second-order valence-corrected chi connectivity index (χ2v) is 10.3. The van der Waals surface area contributed by atoms with Crippen molar-refractivity contribution in [3.8, 4) is 16.9 Å². The molecule has 2 heteroatoms. The van der Waals surface area contributed by atoms with E-state index in [1.807, 2.05) is 18.2 Å². The summed E-state index contributed by atoms with van der Waals surface area (Å²) in [5.41, 5.74) is 10.8. The van der Waals surface area contributed by atoms with Gasteiger partial charge >= 0.3 is 0 Å². The normalized spacial score (nSPS) is 12.3. The molecule has 0 spiro atoms. The van der Waals surface area contributed by atoms with Crippen LogP contribution < -0.4 is 5.73 Å². The summed E-state index contributed by atoms with van der Waals surface area (Å²) in [5, 5.41) is 11.5. The molecule has 0 radical (unpaired) electrons. The summed E-state index contributed by atoms with van der Waals surface area (Å²) in [7, 11) is 0. The predicted octanol–water partition coefficient (Wildman–Crippen LogP) is 8.45. The molecule has 2 nitrogen and oxygen atoms in total. The molecule has 0 aromatic heterocycles. The van der Waals surface area contributed by atoms with Gasteiger partial charge in [0.2, 0.25) is 0 Å². The maximum Gasteiger partial charge on any atom is 0.128 e. The van der Waals surface area contributed by atoms with Gasteiger partial charge in [0, 0.05) is 16.7 Å². The minimum atomic E-state index is -0.490. The molecule has 0 bridgehead atoms. The van der Waals surface area contributed by atoms with Crippen molar-refractivity contribution in [2.75, 3.05) is 0 Å². The van der Waals surface area contributed by atoms with Crippen molar-refractivity contribution in [2.24, 2.45) is 5.73 Å². The predicted molar refractivity (Wildman–Crippen MR) is 136 cm³/mol. The third-order valence-electron chi connectivity index (χ3n) is 6.55. The number of rotatable bonds is 12. The topological polar surface area (TPSA) is 46.2 Å². The zero-order chi connectivity index (χ0) is 22.9. The number of hydrogen-bond donors (Lipinski definition) is 2. The van der Waals surface area contributed by atoms with Crippen LogP contribution >= 0.6 is 0 Å². The van der Waals surface area contributed by atoms with Gasteiger partial charge in [-0.15, -0.1) is 0 Å². The standard InChI is InChI=1S/C29H45NO/c1-6-8-10-15-19-29(30,20-16-11-9-7-2)26-22-24(28(3,4)5)21-25(27(26)31)23-17-13-12-14-18-23/h12-14,17-18,21-22,31H,6-11,15-16,19-20,30H2,1-5H3. The second-order valence-electron chi connectivity index (χ2n) is 10.3. The number of nitrogens with two attached hydrogens (primary N) is 1. The van der Waals surface area contributed by atoms with E-state index in [4.69, 9.17) is 5.73 Å². The summed E-state index contributed by atoms with van der Waals surface area (Å²) in [6, 6.07) is 14.6. The Hall–Kier alpha value is -1.80. The van der Waals surface area contributed by atoms with E-state index in [0.29, 0.717) is 5.75 Å². The lowest BCUT2D eigenvalue weighted by Crippen LogP contribution is -2.37. The van der Waals surface area contributed by atoms with Gasteiger partial charge in [-0.05, 0) is 41.5 Å². The minimum absolute atomic E-state index is 0.0166. The van der Waals surface area contributed by atoms with Gasteiger partial charge in [0.25, 0.3) is 0 Å². The molecule has 2 rings (SSSR count). The van der Waals surface area contributed by atoms with E-state index in [1.54, 1.807) is 0 Å². The summed E-state index contributed by atoms with van der Waals surface area (Å²) in [6.07, 6.45) is 11.4. The average Bonchev–Trinajstić information content (AvgIpc) is 2.74. The van der Waals surface area contributed by atoms with Crippen LogP contribution in [0.15, 0.2) is 42.5 Å². The molecule has 0 amide bonds. The Morgan fingerprint density at radius 1 is 0.774 bits per heavy atom. The fraction of sp³-hybridized carbons (Fsp3) is 0.586. The van der Waals surface area contributed by atoms with Gasteiger partial charge in [-0.25, -0.2) is 0 Å². The van der Waals surface area contributed by atoms with E-state index in [1.165, 1.54) is 44.1 Å². The number of aromatic hydroxyl groups is 1. The monoisotopic (exact) mass is 423 g/mol. The van der Waals surface area contributed by atoms with Crippen LogP contribution in [0.4, 0.5) is 0 Å². The van der Waals surface area contributed by atoms with Gasteiger partial charge in [0.05, 0.1) is 0 Å². The Bertz CT molecular complexity index is 776. The Morgan fingerprint density at radius 2 is 1.32 bits per heavy atom. The molecule has 2 aromatic carbocycles. The Kier molecular flexibility index (Phi) is 9.62. The highest BCUT2D eigenvalue weighted by atomic mass is 16.3. The fourth-order valence-corrected chi connectivity index (χ4v) is 4.41. The Morgan fingerprint density at radius 3 is 1.81 bits per heavy atom. The maximum atomic E-state index is 11.5. The Labute approximate surface area is 191 Å². The molecule has 0 aliphatic rings. The van der Waals surface area contributed by atoms with Crippen molar-refractivity contribution >= 4 is 0 Å². The first-order valence-corrected chi connectivity index (χ1v) is 12.4. The highest BCUT2D eigenvalue weighted by Gasteiger charge is 2.32. The molecule has 172 valence electrons. The SMILES string of the molecule is CCCCCCC(N)(CCCCCC)c1cc(C(C)(C)C)cc(-c2ccccc2)c1O. The van der Waals surface area contributed by atoms with Crippen LogP contribution in [0.1, 0.15) is 110 Å². The second kappa shape index (κ2) is 11.7. The first-order chi connectivity index (χ1) is 14.7. The van der Waals surface area contributed by atoms with Crippen LogP contribution in [0.5, 0.6) is 5.75 Å². The first-order valence-electron chi connectivity index (χ1n) is 12.4. The highest BCUT2D eigenvalue weighted by Crippen LogP contribution is 2.44. The van der Waals surface area contributed by atoms with E-state index in [9.17, 15) is 5.11 Å². The van der Waals surface area contributed by atoms with E-state index in [-0.39, 0.29) is 5.41 Å². The molecular weight excluding hydrogens is 378 g/mol. The van der Waals surface area contributed by atoms with Crippen molar-refractivity contribution in [1.29, 1.82) is 0 Å². The number of unbranched alkanes of at least 4 members (excludes halogenated alkanes) is 6. The zero-order valence-corrected chi connectivity index (χ0v) is 20.6. The quantitative estimate of drug-likeness (QED) is 0.336.